The third-order valence-corrected chi connectivity index (χ3v) is 3.56. The topological polar surface area (TPSA) is 67.8 Å². The summed E-state index contributed by atoms with van der Waals surface area (Å²) in [5.74, 6) is 0.276. The van der Waals surface area contributed by atoms with E-state index in [2.05, 4.69) is 5.32 Å². The van der Waals surface area contributed by atoms with E-state index in [1.165, 1.54) is 0 Å². The standard InChI is InChI=1S/C14H18ClNO4/c15-11-2-1-3-12(8-11)20-9-13(18)16-14(10-17)4-6-19-7-5-14/h1-3,8,17H,4-7,9-10H2,(H,16,18). The van der Waals surface area contributed by atoms with Crippen LogP contribution in [0.25, 0.3) is 0 Å². The summed E-state index contributed by atoms with van der Waals surface area (Å²) in [4.78, 5) is 11.9. The van der Waals surface area contributed by atoms with Crippen molar-refractivity contribution in [3.63, 3.8) is 0 Å². The van der Waals surface area contributed by atoms with Crippen LogP contribution in [-0.4, -0.2) is 43.0 Å². The molecule has 1 aromatic carbocycles. The second-order valence-corrected chi connectivity index (χ2v) is 5.28. The maximum atomic E-state index is 11.9. The van der Waals surface area contributed by atoms with Crippen molar-refractivity contribution in [3.05, 3.63) is 29.3 Å². The molecule has 1 aliphatic heterocycles. The summed E-state index contributed by atoms with van der Waals surface area (Å²) in [5, 5.41) is 12.9. The molecule has 6 heteroatoms. The summed E-state index contributed by atoms with van der Waals surface area (Å²) in [6.45, 7) is 0.869. The van der Waals surface area contributed by atoms with Gasteiger partial charge in [0.25, 0.3) is 5.91 Å². The van der Waals surface area contributed by atoms with Crippen LogP contribution in [0.15, 0.2) is 24.3 Å². The molecule has 1 fully saturated rings. The Kier molecular flexibility index (Phi) is 5.23. The fourth-order valence-corrected chi connectivity index (χ4v) is 2.30. The highest BCUT2D eigenvalue weighted by atomic mass is 35.5. The van der Waals surface area contributed by atoms with Gasteiger partial charge in [0, 0.05) is 18.2 Å². The highest BCUT2D eigenvalue weighted by Crippen LogP contribution is 2.20. The van der Waals surface area contributed by atoms with Crippen molar-refractivity contribution < 1.29 is 19.4 Å². The van der Waals surface area contributed by atoms with Crippen LogP contribution < -0.4 is 10.1 Å². The number of benzene rings is 1. The average molecular weight is 300 g/mol. The van der Waals surface area contributed by atoms with Crippen LogP contribution in [0.3, 0.4) is 0 Å². The average Bonchev–Trinajstić information content (AvgIpc) is 2.46. The van der Waals surface area contributed by atoms with Crippen molar-refractivity contribution in [3.8, 4) is 5.75 Å². The first-order chi connectivity index (χ1) is 9.63. The maximum Gasteiger partial charge on any atom is 0.258 e. The van der Waals surface area contributed by atoms with Crippen molar-refractivity contribution in [2.24, 2.45) is 0 Å². The van der Waals surface area contributed by atoms with Gasteiger partial charge in [0.05, 0.1) is 12.1 Å². The van der Waals surface area contributed by atoms with Crippen molar-refractivity contribution in [2.45, 2.75) is 18.4 Å². The number of amides is 1. The molecule has 2 rings (SSSR count). The summed E-state index contributed by atoms with van der Waals surface area (Å²) < 4.78 is 10.6. The van der Waals surface area contributed by atoms with Gasteiger partial charge in [0.2, 0.25) is 0 Å². The number of aliphatic hydroxyl groups excluding tert-OH is 1. The lowest BCUT2D eigenvalue weighted by Gasteiger charge is -2.36. The van der Waals surface area contributed by atoms with Crippen LogP contribution in [0.5, 0.6) is 5.75 Å². The Labute approximate surface area is 122 Å². The van der Waals surface area contributed by atoms with Gasteiger partial charge in [-0.25, -0.2) is 0 Å². The summed E-state index contributed by atoms with van der Waals surface area (Å²) in [7, 11) is 0. The van der Waals surface area contributed by atoms with E-state index in [0.29, 0.717) is 36.8 Å². The van der Waals surface area contributed by atoms with Gasteiger partial charge < -0.3 is 19.9 Å². The van der Waals surface area contributed by atoms with E-state index >= 15 is 0 Å². The smallest absolute Gasteiger partial charge is 0.258 e. The summed E-state index contributed by atoms with van der Waals surface area (Å²) in [5.41, 5.74) is -0.590. The number of halogens is 1. The Morgan fingerprint density at radius 2 is 2.20 bits per heavy atom. The Balaban J connectivity index is 1.85. The Hall–Kier alpha value is -1.30. The van der Waals surface area contributed by atoms with Gasteiger partial charge in [0.15, 0.2) is 6.61 Å². The minimum atomic E-state index is -0.590. The van der Waals surface area contributed by atoms with Crippen LogP contribution in [-0.2, 0) is 9.53 Å². The van der Waals surface area contributed by atoms with Gasteiger partial charge in [-0.3, -0.25) is 4.79 Å². The largest absolute Gasteiger partial charge is 0.484 e. The molecule has 2 N–H and O–H groups in total. The van der Waals surface area contributed by atoms with Crippen LogP contribution in [0.1, 0.15) is 12.8 Å². The Morgan fingerprint density at radius 1 is 1.45 bits per heavy atom. The number of carbonyl (C=O) groups excluding carboxylic acids is 1. The molecule has 1 saturated heterocycles. The molecular weight excluding hydrogens is 282 g/mol. The van der Waals surface area contributed by atoms with Crippen LogP contribution in [0.2, 0.25) is 5.02 Å². The van der Waals surface area contributed by atoms with Crippen LogP contribution >= 0.6 is 11.6 Å². The van der Waals surface area contributed by atoms with Gasteiger partial charge in [-0.05, 0) is 31.0 Å². The van der Waals surface area contributed by atoms with Gasteiger partial charge in [0.1, 0.15) is 5.75 Å². The van der Waals surface area contributed by atoms with Gasteiger partial charge in [-0.15, -0.1) is 0 Å². The minimum Gasteiger partial charge on any atom is -0.484 e. The second kappa shape index (κ2) is 6.92. The monoisotopic (exact) mass is 299 g/mol. The van der Waals surface area contributed by atoms with Crippen molar-refractivity contribution in [2.75, 3.05) is 26.4 Å². The molecular formula is C14H18ClNO4. The number of rotatable bonds is 5. The van der Waals surface area contributed by atoms with E-state index in [1.807, 2.05) is 0 Å². The molecule has 0 bridgehead atoms. The lowest BCUT2D eigenvalue weighted by atomic mass is 9.91. The molecule has 110 valence electrons. The SMILES string of the molecule is O=C(COc1cccc(Cl)c1)NC1(CO)CCOCC1. The molecule has 0 unspecified atom stereocenters. The molecule has 0 aromatic heterocycles. The highest BCUT2D eigenvalue weighted by Gasteiger charge is 2.33. The van der Waals surface area contributed by atoms with E-state index in [9.17, 15) is 9.90 Å². The fourth-order valence-electron chi connectivity index (χ4n) is 2.12. The minimum absolute atomic E-state index is 0.0980. The normalized spacial score (nSPS) is 17.5. The van der Waals surface area contributed by atoms with Gasteiger partial charge in [-0.1, -0.05) is 17.7 Å². The molecule has 0 spiro atoms. The van der Waals surface area contributed by atoms with E-state index in [0.717, 1.165) is 0 Å². The summed E-state index contributed by atoms with van der Waals surface area (Å²) in [6.07, 6.45) is 1.21. The lowest BCUT2D eigenvalue weighted by Crippen LogP contribution is -2.55. The third kappa shape index (κ3) is 4.10. The van der Waals surface area contributed by atoms with E-state index in [4.69, 9.17) is 21.1 Å². The second-order valence-electron chi connectivity index (χ2n) is 4.85. The van der Waals surface area contributed by atoms with Crippen molar-refractivity contribution in [1.82, 2.24) is 5.32 Å². The molecule has 0 radical (unpaired) electrons. The zero-order chi connectivity index (χ0) is 14.4. The molecule has 0 saturated carbocycles. The quantitative estimate of drug-likeness (QED) is 0.862. The first kappa shape index (κ1) is 15.1. The highest BCUT2D eigenvalue weighted by molar-refractivity contribution is 6.30. The number of ether oxygens (including phenoxy) is 2. The fraction of sp³-hybridized carbons (Fsp3) is 0.500. The van der Waals surface area contributed by atoms with E-state index < -0.39 is 5.54 Å². The number of hydrogen-bond donors (Lipinski definition) is 2. The number of nitrogens with one attached hydrogen (secondary N) is 1. The molecule has 5 nitrogen and oxygen atoms in total. The molecule has 1 heterocycles. The number of aliphatic hydroxyl groups is 1. The Morgan fingerprint density at radius 3 is 2.85 bits per heavy atom. The van der Waals surface area contributed by atoms with Crippen LogP contribution in [0.4, 0.5) is 0 Å². The van der Waals surface area contributed by atoms with Crippen LogP contribution in [0, 0.1) is 0 Å². The predicted molar refractivity (Wildman–Crippen MR) is 75.0 cm³/mol. The zero-order valence-corrected chi connectivity index (χ0v) is 11.9. The molecule has 0 aliphatic carbocycles. The van der Waals surface area contributed by atoms with Gasteiger partial charge in [-0.2, -0.15) is 0 Å². The molecule has 1 amide bonds. The summed E-state index contributed by atoms with van der Waals surface area (Å²) >= 11 is 5.83. The molecule has 1 aromatic rings. The number of hydrogen-bond acceptors (Lipinski definition) is 4. The van der Waals surface area contributed by atoms with Crippen molar-refractivity contribution in [1.29, 1.82) is 0 Å². The molecule has 20 heavy (non-hydrogen) atoms. The van der Waals surface area contributed by atoms with E-state index in [1.54, 1.807) is 24.3 Å². The van der Waals surface area contributed by atoms with Gasteiger partial charge >= 0.3 is 0 Å². The molecule has 0 atom stereocenters. The first-order valence-electron chi connectivity index (χ1n) is 6.52. The number of carbonyl (C=O) groups is 1. The maximum absolute atomic E-state index is 11.9. The lowest BCUT2D eigenvalue weighted by molar-refractivity contribution is -0.127. The zero-order valence-electron chi connectivity index (χ0n) is 11.1. The first-order valence-corrected chi connectivity index (χ1v) is 6.89. The Bertz CT molecular complexity index is 460. The molecule has 1 aliphatic rings. The summed E-state index contributed by atoms with van der Waals surface area (Å²) in [6, 6.07) is 6.86. The third-order valence-electron chi connectivity index (χ3n) is 3.32. The van der Waals surface area contributed by atoms with E-state index in [-0.39, 0.29) is 19.1 Å². The predicted octanol–water partition coefficient (Wildman–Crippen LogP) is 1.38. The van der Waals surface area contributed by atoms with Crippen molar-refractivity contribution >= 4 is 17.5 Å².